The molecule has 3 N–H and O–H groups in total. The summed E-state index contributed by atoms with van der Waals surface area (Å²) in [6, 6.07) is 14.4. The fourth-order valence-corrected chi connectivity index (χ4v) is 2.56. The minimum absolute atomic E-state index is 0.275. The van der Waals surface area contributed by atoms with Gasteiger partial charge in [-0.05, 0) is 30.3 Å². The molecule has 2 heterocycles. The van der Waals surface area contributed by atoms with E-state index in [1.807, 2.05) is 24.3 Å². The van der Waals surface area contributed by atoms with Crippen molar-refractivity contribution in [2.24, 2.45) is 0 Å². The van der Waals surface area contributed by atoms with Gasteiger partial charge in [0.1, 0.15) is 16.8 Å². The Balaban J connectivity index is 1.57. The van der Waals surface area contributed by atoms with E-state index in [2.05, 4.69) is 30.9 Å². The minimum Gasteiger partial charge on any atom is -0.496 e. The predicted molar refractivity (Wildman–Crippen MR) is 92.4 cm³/mol. The second-order valence-corrected chi connectivity index (χ2v) is 5.35. The molecular weight excluding hydrogens is 320 g/mol. The number of rotatable bonds is 4. The molecule has 8 heteroatoms. The number of hydrogen-bond acceptors (Lipinski definition) is 5. The van der Waals surface area contributed by atoms with Gasteiger partial charge in [-0.25, -0.2) is 0 Å². The Morgan fingerprint density at radius 1 is 1.04 bits per heavy atom. The van der Waals surface area contributed by atoms with Crippen molar-refractivity contribution in [1.29, 1.82) is 0 Å². The molecule has 0 atom stereocenters. The molecule has 0 bridgehead atoms. The zero-order valence-corrected chi connectivity index (χ0v) is 13.3. The molecule has 4 aromatic rings. The summed E-state index contributed by atoms with van der Waals surface area (Å²) in [4.78, 5) is 12.4. The van der Waals surface area contributed by atoms with Crippen LogP contribution in [0.25, 0.3) is 22.3 Å². The van der Waals surface area contributed by atoms with Crippen LogP contribution in [0.3, 0.4) is 0 Å². The number of aromatic amines is 2. The molecule has 2 aromatic heterocycles. The number of ether oxygens (including phenoxy) is 1. The van der Waals surface area contributed by atoms with E-state index in [1.54, 1.807) is 31.4 Å². The van der Waals surface area contributed by atoms with Gasteiger partial charge in [0, 0.05) is 17.2 Å². The van der Waals surface area contributed by atoms with Crippen molar-refractivity contribution < 1.29 is 9.53 Å². The minimum atomic E-state index is -0.275. The number of benzene rings is 2. The number of amides is 1. The van der Waals surface area contributed by atoms with Gasteiger partial charge >= 0.3 is 0 Å². The van der Waals surface area contributed by atoms with E-state index in [9.17, 15) is 4.79 Å². The molecule has 0 aliphatic carbocycles. The number of nitrogens with zero attached hydrogens (tertiary/aromatic N) is 3. The predicted octanol–water partition coefficient (Wildman–Crippen LogP) is 2.61. The first kappa shape index (κ1) is 14.9. The molecule has 0 fully saturated rings. The number of nitrogens with one attached hydrogen (secondary N) is 3. The van der Waals surface area contributed by atoms with Crippen molar-refractivity contribution in [2.75, 3.05) is 12.4 Å². The summed E-state index contributed by atoms with van der Waals surface area (Å²) in [6.07, 6.45) is 0. The van der Waals surface area contributed by atoms with Gasteiger partial charge in [0.05, 0.1) is 12.8 Å². The molecule has 0 unspecified atom stereocenters. The summed E-state index contributed by atoms with van der Waals surface area (Å²) in [5.74, 6) is 0.870. The summed E-state index contributed by atoms with van der Waals surface area (Å²) in [7, 11) is 1.61. The number of carbonyl (C=O) groups is 1. The lowest BCUT2D eigenvalue weighted by atomic mass is 10.1. The SMILES string of the molecule is COc1ccccc1-c1cc(NC(=O)c2ccc3n[nH]nc3c2)n[nH]1. The zero-order chi connectivity index (χ0) is 17.2. The van der Waals surface area contributed by atoms with Crippen LogP contribution < -0.4 is 10.1 Å². The van der Waals surface area contributed by atoms with Crippen LogP contribution in [0.15, 0.2) is 48.5 Å². The van der Waals surface area contributed by atoms with Gasteiger partial charge in [-0.2, -0.15) is 20.5 Å². The summed E-state index contributed by atoms with van der Waals surface area (Å²) < 4.78 is 5.34. The summed E-state index contributed by atoms with van der Waals surface area (Å²) >= 11 is 0. The Morgan fingerprint density at radius 2 is 1.88 bits per heavy atom. The number of anilines is 1. The molecule has 25 heavy (non-hydrogen) atoms. The number of para-hydroxylation sites is 1. The molecule has 0 spiro atoms. The van der Waals surface area contributed by atoms with E-state index in [0.717, 1.165) is 17.0 Å². The third-order valence-electron chi connectivity index (χ3n) is 3.80. The van der Waals surface area contributed by atoms with E-state index in [0.29, 0.717) is 22.4 Å². The normalized spacial score (nSPS) is 10.8. The van der Waals surface area contributed by atoms with E-state index >= 15 is 0 Å². The summed E-state index contributed by atoms with van der Waals surface area (Å²) in [6.45, 7) is 0. The highest BCUT2D eigenvalue weighted by Crippen LogP contribution is 2.29. The first-order valence-electron chi connectivity index (χ1n) is 7.55. The second kappa shape index (κ2) is 6.08. The van der Waals surface area contributed by atoms with Crippen LogP contribution in [0.4, 0.5) is 5.82 Å². The van der Waals surface area contributed by atoms with Gasteiger partial charge in [-0.1, -0.05) is 12.1 Å². The molecular formula is C17H14N6O2. The van der Waals surface area contributed by atoms with Gasteiger partial charge in [0.2, 0.25) is 0 Å². The van der Waals surface area contributed by atoms with Gasteiger partial charge in [-0.15, -0.1) is 0 Å². The maximum absolute atomic E-state index is 12.4. The van der Waals surface area contributed by atoms with Crippen LogP contribution in [0, 0.1) is 0 Å². The van der Waals surface area contributed by atoms with Crippen LogP contribution in [0.1, 0.15) is 10.4 Å². The van der Waals surface area contributed by atoms with Crippen molar-refractivity contribution in [2.45, 2.75) is 0 Å². The lowest BCUT2D eigenvalue weighted by Crippen LogP contribution is -2.12. The maximum Gasteiger partial charge on any atom is 0.256 e. The molecule has 0 radical (unpaired) electrons. The number of hydrogen-bond donors (Lipinski definition) is 3. The first-order chi connectivity index (χ1) is 12.2. The zero-order valence-electron chi connectivity index (χ0n) is 13.3. The third kappa shape index (κ3) is 2.80. The largest absolute Gasteiger partial charge is 0.496 e. The van der Waals surface area contributed by atoms with Crippen LogP contribution in [0.2, 0.25) is 0 Å². The number of H-pyrrole nitrogens is 2. The fourth-order valence-electron chi connectivity index (χ4n) is 2.56. The van der Waals surface area contributed by atoms with E-state index in [4.69, 9.17) is 4.74 Å². The topological polar surface area (TPSA) is 109 Å². The summed E-state index contributed by atoms with van der Waals surface area (Å²) in [5.41, 5.74) is 3.42. The smallest absolute Gasteiger partial charge is 0.256 e. The lowest BCUT2D eigenvalue weighted by Gasteiger charge is -2.05. The monoisotopic (exact) mass is 334 g/mol. The quantitative estimate of drug-likeness (QED) is 0.531. The van der Waals surface area contributed by atoms with E-state index < -0.39 is 0 Å². The summed E-state index contributed by atoms with van der Waals surface area (Å²) in [5, 5.41) is 20.3. The molecule has 8 nitrogen and oxygen atoms in total. The van der Waals surface area contributed by atoms with Crippen molar-refractivity contribution in [3.63, 3.8) is 0 Å². The van der Waals surface area contributed by atoms with Crippen LogP contribution in [0.5, 0.6) is 5.75 Å². The third-order valence-corrected chi connectivity index (χ3v) is 3.80. The van der Waals surface area contributed by atoms with Crippen molar-refractivity contribution in [3.8, 4) is 17.0 Å². The van der Waals surface area contributed by atoms with Crippen LogP contribution in [-0.4, -0.2) is 38.6 Å². The van der Waals surface area contributed by atoms with Crippen LogP contribution in [-0.2, 0) is 0 Å². The number of methoxy groups -OCH3 is 1. The average molecular weight is 334 g/mol. The van der Waals surface area contributed by atoms with Gasteiger partial charge in [0.15, 0.2) is 5.82 Å². The molecule has 0 saturated heterocycles. The van der Waals surface area contributed by atoms with Crippen LogP contribution >= 0.6 is 0 Å². The average Bonchev–Trinajstić information content (AvgIpc) is 3.30. The Labute approximate surface area is 142 Å². The van der Waals surface area contributed by atoms with Crippen molar-refractivity contribution in [3.05, 3.63) is 54.1 Å². The fraction of sp³-hybridized carbons (Fsp3) is 0.0588. The van der Waals surface area contributed by atoms with Gasteiger partial charge in [-0.3, -0.25) is 9.89 Å². The highest BCUT2D eigenvalue weighted by atomic mass is 16.5. The highest BCUT2D eigenvalue weighted by molar-refractivity contribution is 6.05. The molecule has 2 aromatic carbocycles. The lowest BCUT2D eigenvalue weighted by molar-refractivity contribution is 0.102. The molecule has 0 saturated carbocycles. The Bertz CT molecular complexity index is 1050. The van der Waals surface area contributed by atoms with Crippen molar-refractivity contribution in [1.82, 2.24) is 25.6 Å². The Hall–Kier alpha value is -3.68. The number of carbonyl (C=O) groups excluding carboxylic acids is 1. The van der Waals surface area contributed by atoms with E-state index in [1.165, 1.54) is 0 Å². The maximum atomic E-state index is 12.4. The van der Waals surface area contributed by atoms with Gasteiger partial charge in [0.25, 0.3) is 5.91 Å². The molecule has 4 rings (SSSR count). The number of fused-ring (bicyclic) bond motifs is 1. The Morgan fingerprint density at radius 3 is 2.76 bits per heavy atom. The first-order valence-corrected chi connectivity index (χ1v) is 7.55. The standard InChI is InChI=1S/C17H14N6O2/c1-25-15-5-3-2-4-11(15)13-9-16(22-19-13)18-17(24)10-6-7-12-14(8-10)21-23-20-12/h2-9H,1H3,(H,20,21,23)(H2,18,19,22,24). The molecule has 1 amide bonds. The molecule has 0 aliphatic rings. The van der Waals surface area contributed by atoms with Gasteiger partial charge < -0.3 is 10.1 Å². The number of aromatic nitrogens is 5. The second-order valence-electron chi connectivity index (χ2n) is 5.35. The highest BCUT2D eigenvalue weighted by Gasteiger charge is 2.12. The molecule has 124 valence electrons. The Kier molecular flexibility index (Phi) is 3.62. The van der Waals surface area contributed by atoms with Crippen molar-refractivity contribution >= 4 is 22.8 Å². The molecule has 0 aliphatic heterocycles. The van der Waals surface area contributed by atoms with E-state index in [-0.39, 0.29) is 5.91 Å².